The van der Waals surface area contributed by atoms with Gasteiger partial charge in [-0.25, -0.2) is 14.8 Å². The zero-order valence-corrected chi connectivity index (χ0v) is 12.0. The van der Waals surface area contributed by atoms with Crippen molar-refractivity contribution in [2.24, 2.45) is 0 Å². The van der Waals surface area contributed by atoms with Crippen molar-refractivity contribution in [2.75, 3.05) is 0 Å². The van der Waals surface area contributed by atoms with Crippen molar-refractivity contribution in [1.82, 2.24) is 14.5 Å². The highest BCUT2D eigenvalue weighted by atomic mass is 35.5. The third-order valence-electron chi connectivity index (χ3n) is 3.32. The molecule has 0 atom stereocenters. The van der Waals surface area contributed by atoms with Crippen molar-refractivity contribution < 1.29 is 9.90 Å². The molecule has 3 rings (SSSR count). The van der Waals surface area contributed by atoms with E-state index in [-0.39, 0.29) is 5.56 Å². The summed E-state index contributed by atoms with van der Waals surface area (Å²) in [5.74, 6) is -0.177. The number of aryl methyl sites for hydroxylation is 1. The summed E-state index contributed by atoms with van der Waals surface area (Å²) >= 11 is 5.92. The summed E-state index contributed by atoms with van der Waals surface area (Å²) in [5.41, 5.74) is 2.39. The van der Waals surface area contributed by atoms with Crippen LogP contribution in [0.3, 0.4) is 0 Å². The summed E-state index contributed by atoms with van der Waals surface area (Å²) in [6, 6.07) is 8.67. The zero-order chi connectivity index (χ0) is 15.0. The molecule has 0 aliphatic rings. The molecule has 0 bridgehead atoms. The number of halogens is 1. The number of aromatic carboxylic acids is 1. The Labute approximate surface area is 125 Å². The molecule has 0 saturated carbocycles. The zero-order valence-electron chi connectivity index (χ0n) is 11.2. The number of carbonyl (C=O) groups is 1. The Bertz CT molecular complexity index is 842. The second-order valence-electron chi connectivity index (χ2n) is 4.70. The summed E-state index contributed by atoms with van der Waals surface area (Å²) in [6.07, 6.45) is 1.56. The van der Waals surface area contributed by atoms with Gasteiger partial charge in [-0.3, -0.25) is 0 Å². The predicted octanol–water partition coefficient (Wildman–Crippen LogP) is 3.14. The molecule has 0 amide bonds. The van der Waals surface area contributed by atoms with Crippen molar-refractivity contribution in [3.63, 3.8) is 0 Å². The lowest BCUT2D eigenvalue weighted by atomic mass is 10.1. The maximum absolute atomic E-state index is 11.3. The van der Waals surface area contributed by atoms with Gasteiger partial charge in [-0.05, 0) is 24.6 Å². The molecule has 1 N–H and O–H groups in total. The lowest BCUT2D eigenvalue weighted by Crippen LogP contribution is -2.08. The molecule has 0 fully saturated rings. The van der Waals surface area contributed by atoms with Gasteiger partial charge in [0.1, 0.15) is 11.3 Å². The number of hydrogen-bond acceptors (Lipinski definition) is 3. The van der Waals surface area contributed by atoms with Crippen molar-refractivity contribution in [2.45, 2.75) is 13.5 Å². The SMILES string of the molecule is Cc1nc2cc(Cl)cnc2n1Cc1ccccc1C(=O)O. The maximum atomic E-state index is 11.3. The Morgan fingerprint density at radius 1 is 1.38 bits per heavy atom. The van der Waals surface area contributed by atoms with Gasteiger partial charge in [0.2, 0.25) is 0 Å². The standard InChI is InChI=1S/C15H12ClN3O2/c1-9-18-13-6-11(16)7-17-14(13)19(9)8-10-4-2-3-5-12(10)15(20)21/h2-7H,8H2,1H3,(H,20,21). The lowest BCUT2D eigenvalue weighted by Gasteiger charge is -2.09. The van der Waals surface area contributed by atoms with Crippen LogP contribution >= 0.6 is 11.6 Å². The molecule has 6 heteroatoms. The number of nitrogens with zero attached hydrogens (tertiary/aromatic N) is 3. The number of hydrogen-bond donors (Lipinski definition) is 1. The molecular weight excluding hydrogens is 290 g/mol. The monoisotopic (exact) mass is 301 g/mol. The van der Waals surface area contributed by atoms with Crippen LogP contribution in [0, 0.1) is 6.92 Å². The highest BCUT2D eigenvalue weighted by Crippen LogP contribution is 2.20. The van der Waals surface area contributed by atoms with E-state index in [0.29, 0.717) is 28.3 Å². The third kappa shape index (κ3) is 2.48. The Balaban J connectivity index is 2.10. The van der Waals surface area contributed by atoms with E-state index < -0.39 is 5.97 Å². The molecule has 0 unspecified atom stereocenters. The van der Waals surface area contributed by atoms with Crippen LogP contribution in [-0.2, 0) is 6.54 Å². The van der Waals surface area contributed by atoms with Crippen molar-refractivity contribution in [1.29, 1.82) is 0 Å². The van der Waals surface area contributed by atoms with Crippen LogP contribution in [0.15, 0.2) is 36.5 Å². The molecule has 3 aromatic rings. The molecule has 0 aliphatic carbocycles. The second-order valence-corrected chi connectivity index (χ2v) is 5.14. The Morgan fingerprint density at radius 2 is 2.14 bits per heavy atom. The molecule has 1 aromatic carbocycles. The van der Waals surface area contributed by atoms with Gasteiger partial charge in [0.25, 0.3) is 0 Å². The minimum Gasteiger partial charge on any atom is -0.478 e. The van der Waals surface area contributed by atoms with E-state index in [0.717, 1.165) is 5.82 Å². The summed E-state index contributed by atoms with van der Waals surface area (Å²) in [7, 11) is 0. The van der Waals surface area contributed by atoms with Crippen LogP contribution in [-0.4, -0.2) is 25.6 Å². The van der Waals surface area contributed by atoms with Crippen molar-refractivity contribution >= 4 is 28.7 Å². The molecule has 2 aromatic heterocycles. The van der Waals surface area contributed by atoms with E-state index in [4.69, 9.17) is 11.6 Å². The molecule has 0 spiro atoms. The van der Waals surface area contributed by atoms with Gasteiger partial charge in [0.15, 0.2) is 5.65 Å². The van der Waals surface area contributed by atoms with Gasteiger partial charge in [0, 0.05) is 6.20 Å². The van der Waals surface area contributed by atoms with E-state index in [1.54, 1.807) is 30.5 Å². The van der Waals surface area contributed by atoms with Crippen molar-refractivity contribution in [3.05, 3.63) is 58.5 Å². The number of carboxylic acid groups (broad SMARTS) is 1. The first-order valence-corrected chi connectivity index (χ1v) is 6.73. The fraction of sp³-hybridized carbons (Fsp3) is 0.133. The molecule has 106 valence electrons. The van der Waals surface area contributed by atoms with E-state index >= 15 is 0 Å². The fourth-order valence-corrected chi connectivity index (χ4v) is 2.48. The van der Waals surface area contributed by atoms with Crippen LogP contribution in [0.4, 0.5) is 0 Å². The van der Waals surface area contributed by atoms with Gasteiger partial charge >= 0.3 is 5.97 Å². The minimum atomic E-state index is -0.941. The number of rotatable bonds is 3. The predicted molar refractivity (Wildman–Crippen MR) is 79.8 cm³/mol. The van der Waals surface area contributed by atoms with Crippen LogP contribution in [0.5, 0.6) is 0 Å². The average molecular weight is 302 g/mol. The van der Waals surface area contributed by atoms with E-state index in [1.807, 2.05) is 17.6 Å². The number of carboxylic acids is 1. The van der Waals surface area contributed by atoms with E-state index in [2.05, 4.69) is 9.97 Å². The normalized spacial score (nSPS) is 11.0. The first-order valence-electron chi connectivity index (χ1n) is 6.36. The van der Waals surface area contributed by atoms with Gasteiger partial charge < -0.3 is 9.67 Å². The number of pyridine rings is 1. The highest BCUT2D eigenvalue weighted by molar-refractivity contribution is 6.31. The summed E-state index contributed by atoms with van der Waals surface area (Å²) in [4.78, 5) is 20.0. The Kier molecular flexibility index (Phi) is 3.35. The summed E-state index contributed by atoms with van der Waals surface area (Å²) in [6.45, 7) is 2.26. The van der Waals surface area contributed by atoms with Gasteiger partial charge in [0.05, 0.1) is 17.1 Å². The van der Waals surface area contributed by atoms with Gasteiger partial charge in [-0.1, -0.05) is 29.8 Å². The van der Waals surface area contributed by atoms with Crippen LogP contribution < -0.4 is 0 Å². The smallest absolute Gasteiger partial charge is 0.336 e. The molecule has 0 radical (unpaired) electrons. The second kappa shape index (κ2) is 5.18. The molecule has 21 heavy (non-hydrogen) atoms. The lowest BCUT2D eigenvalue weighted by molar-refractivity contribution is 0.0695. The van der Waals surface area contributed by atoms with Gasteiger partial charge in [-0.15, -0.1) is 0 Å². The third-order valence-corrected chi connectivity index (χ3v) is 3.53. The number of imidazole rings is 1. The summed E-state index contributed by atoms with van der Waals surface area (Å²) < 4.78 is 1.88. The van der Waals surface area contributed by atoms with Crippen LogP contribution in [0.1, 0.15) is 21.7 Å². The fourth-order valence-electron chi connectivity index (χ4n) is 2.33. The van der Waals surface area contributed by atoms with E-state index in [9.17, 15) is 9.90 Å². The van der Waals surface area contributed by atoms with Crippen LogP contribution in [0.2, 0.25) is 5.02 Å². The molecule has 0 saturated heterocycles. The number of aromatic nitrogens is 3. The number of fused-ring (bicyclic) bond motifs is 1. The topological polar surface area (TPSA) is 68.0 Å². The quantitative estimate of drug-likeness (QED) is 0.807. The highest BCUT2D eigenvalue weighted by Gasteiger charge is 2.14. The minimum absolute atomic E-state index is 0.285. The molecule has 5 nitrogen and oxygen atoms in total. The molecule has 2 heterocycles. The van der Waals surface area contributed by atoms with Gasteiger partial charge in [-0.2, -0.15) is 0 Å². The Hall–Kier alpha value is -2.40. The van der Waals surface area contributed by atoms with Crippen LogP contribution in [0.25, 0.3) is 11.2 Å². The average Bonchev–Trinajstić information content (AvgIpc) is 2.74. The first-order chi connectivity index (χ1) is 10.1. The Morgan fingerprint density at radius 3 is 2.90 bits per heavy atom. The summed E-state index contributed by atoms with van der Waals surface area (Å²) in [5, 5.41) is 9.78. The molecule has 0 aliphatic heterocycles. The maximum Gasteiger partial charge on any atom is 0.336 e. The largest absolute Gasteiger partial charge is 0.478 e. The molecular formula is C15H12ClN3O2. The van der Waals surface area contributed by atoms with E-state index in [1.165, 1.54) is 0 Å². The first kappa shape index (κ1) is 13.6. The number of benzene rings is 1. The van der Waals surface area contributed by atoms with Crippen molar-refractivity contribution in [3.8, 4) is 0 Å².